The summed E-state index contributed by atoms with van der Waals surface area (Å²) >= 11 is 0. The molecule has 0 saturated carbocycles. The number of hydrogen-bond donors (Lipinski definition) is 1. The summed E-state index contributed by atoms with van der Waals surface area (Å²) in [7, 11) is 1.67. The molecule has 1 aromatic heterocycles. The highest BCUT2D eigenvalue weighted by Gasteiger charge is 2.52. The number of imide groups is 1. The molecule has 1 atom stereocenters. The van der Waals surface area contributed by atoms with Gasteiger partial charge in [0.15, 0.2) is 5.78 Å². The minimum absolute atomic E-state index is 0.220. The van der Waals surface area contributed by atoms with Crippen LogP contribution in [-0.2, 0) is 28.9 Å². The second-order valence-electron chi connectivity index (χ2n) is 8.56. The standard InChI is InChI=1S/C24H29N3O4/c1-16-13-20(17(2)26(16)11-6-12-31-3)21(28)15-27-22(29)24(25-23(27)30)10-9-18-7-4-5-8-19(18)14-24/h4-5,7-8,13H,6,9-12,14-15H2,1-3H3,(H,25,30). The van der Waals surface area contributed by atoms with Crippen LogP contribution in [0.5, 0.6) is 0 Å². The van der Waals surface area contributed by atoms with Gasteiger partial charge in [-0.1, -0.05) is 24.3 Å². The van der Waals surface area contributed by atoms with E-state index < -0.39 is 11.6 Å². The normalized spacial score (nSPS) is 20.3. The quantitative estimate of drug-likeness (QED) is 0.422. The fourth-order valence-corrected chi connectivity index (χ4v) is 4.87. The number of nitrogens with zero attached hydrogens (tertiary/aromatic N) is 2. The zero-order valence-corrected chi connectivity index (χ0v) is 18.4. The Morgan fingerprint density at radius 2 is 1.94 bits per heavy atom. The van der Waals surface area contributed by atoms with Crippen LogP contribution in [-0.4, -0.2) is 53.0 Å². The lowest BCUT2D eigenvalue weighted by atomic mass is 9.78. The van der Waals surface area contributed by atoms with Crippen molar-refractivity contribution >= 4 is 17.7 Å². The van der Waals surface area contributed by atoms with Gasteiger partial charge in [0.25, 0.3) is 5.91 Å². The van der Waals surface area contributed by atoms with Crippen molar-refractivity contribution in [1.29, 1.82) is 0 Å². The molecule has 0 radical (unpaired) electrons. The maximum absolute atomic E-state index is 13.3. The monoisotopic (exact) mass is 423 g/mol. The smallest absolute Gasteiger partial charge is 0.325 e. The molecule has 31 heavy (non-hydrogen) atoms. The van der Waals surface area contributed by atoms with Gasteiger partial charge in [-0.15, -0.1) is 0 Å². The van der Waals surface area contributed by atoms with Crippen molar-refractivity contribution in [2.75, 3.05) is 20.3 Å². The number of ketones is 1. The SMILES string of the molecule is COCCCn1c(C)cc(C(=O)CN2C(=O)NC3(CCc4ccccc4C3)C2=O)c1C. The summed E-state index contributed by atoms with van der Waals surface area (Å²) in [6.45, 7) is 5.02. The molecular formula is C24H29N3O4. The van der Waals surface area contributed by atoms with Gasteiger partial charge >= 0.3 is 6.03 Å². The predicted octanol–water partition coefficient (Wildman–Crippen LogP) is 2.80. The van der Waals surface area contributed by atoms with E-state index >= 15 is 0 Å². The third kappa shape index (κ3) is 3.78. The van der Waals surface area contributed by atoms with Gasteiger partial charge in [0, 0.05) is 43.6 Å². The molecule has 4 rings (SSSR count). The van der Waals surface area contributed by atoms with Crippen molar-refractivity contribution in [2.45, 2.75) is 51.6 Å². The number of amides is 3. The Bertz CT molecular complexity index is 1040. The van der Waals surface area contributed by atoms with Crippen LogP contribution in [0.15, 0.2) is 30.3 Å². The fourth-order valence-electron chi connectivity index (χ4n) is 4.87. The van der Waals surface area contributed by atoms with Crippen molar-refractivity contribution in [2.24, 2.45) is 0 Å². The number of aromatic nitrogens is 1. The first kappa shape index (κ1) is 21.3. The average molecular weight is 424 g/mol. The summed E-state index contributed by atoms with van der Waals surface area (Å²) in [6, 6.07) is 9.36. The number of aryl methyl sites for hydroxylation is 2. The molecule has 1 N–H and O–H groups in total. The molecule has 1 spiro atoms. The molecule has 7 heteroatoms. The topological polar surface area (TPSA) is 80.6 Å². The summed E-state index contributed by atoms with van der Waals surface area (Å²) in [5.41, 5.74) is 3.75. The van der Waals surface area contributed by atoms with E-state index in [0.717, 1.165) is 41.2 Å². The number of Topliss-reactive ketones (excluding diaryl/α,β-unsaturated/α-hetero) is 1. The summed E-state index contributed by atoms with van der Waals surface area (Å²) in [5, 5.41) is 2.90. The zero-order chi connectivity index (χ0) is 22.2. The van der Waals surface area contributed by atoms with Gasteiger partial charge in [0.05, 0.1) is 6.54 Å². The highest BCUT2D eigenvalue weighted by atomic mass is 16.5. The van der Waals surface area contributed by atoms with Crippen molar-refractivity contribution in [3.8, 4) is 0 Å². The summed E-state index contributed by atoms with van der Waals surface area (Å²) in [5.74, 6) is -0.517. The molecule has 164 valence electrons. The van der Waals surface area contributed by atoms with Gasteiger partial charge in [0.1, 0.15) is 5.54 Å². The Labute approximate surface area is 182 Å². The second kappa shape index (κ2) is 8.30. The minimum atomic E-state index is -0.942. The number of hydrogen-bond acceptors (Lipinski definition) is 4. The Morgan fingerprint density at radius 1 is 1.19 bits per heavy atom. The van der Waals surface area contributed by atoms with Crippen LogP contribution < -0.4 is 5.32 Å². The Balaban J connectivity index is 1.50. The van der Waals surface area contributed by atoms with E-state index in [1.54, 1.807) is 7.11 Å². The highest BCUT2D eigenvalue weighted by molar-refractivity contribution is 6.11. The Morgan fingerprint density at radius 3 is 2.68 bits per heavy atom. The molecular weight excluding hydrogens is 394 g/mol. The largest absolute Gasteiger partial charge is 0.385 e. The molecule has 0 bridgehead atoms. The number of nitrogens with one attached hydrogen (secondary N) is 1. The lowest BCUT2D eigenvalue weighted by molar-refractivity contribution is -0.131. The van der Waals surface area contributed by atoms with Gasteiger partial charge in [0.2, 0.25) is 0 Å². The molecule has 1 fully saturated rings. The summed E-state index contributed by atoms with van der Waals surface area (Å²) < 4.78 is 7.20. The molecule has 7 nitrogen and oxygen atoms in total. The van der Waals surface area contributed by atoms with E-state index in [1.165, 1.54) is 5.56 Å². The number of fused-ring (bicyclic) bond motifs is 1. The Kier molecular flexibility index (Phi) is 5.71. The third-order valence-electron chi connectivity index (χ3n) is 6.58. The highest BCUT2D eigenvalue weighted by Crippen LogP contribution is 2.33. The first-order valence-electron chi connectivity index (χ1n) is 10.8. The van der Waals surface area contributed by atoms with Crippen LogP contribution in [0.25, 0.3) is 0 Å². The zero-order valence-electron chi connectivity index (χ0n) is 18.4. The van der Waals surface area contributed by atoms with Crippen LogP contribution >= 0.6 is 0 Å². The summed E-state index contributed by atoms with van der Waals surface area (Å²) in [6.07, 6.45) is 2.59. The molecule has 1 aliphatic carbocycles. The third-order valence-corrected chi connectivity index (χ3v) is 6.58. The molecule has 1 aromatic carbocycles. The number of carbonyl (C=O) groups is 3. The number of urea groups is 1. The molecule has 1 aliphatic heterocycles. The number of carbonyl (C=O) groups excluding carboxylic acids is 3. The first-order chi connectivity index (χ1) is 14.9. The van der Waals surface area contributed by atoms with E-state index in [9.17, 15) is 14.4 Å². The van der Waals surface area contributed by atoms with Crippen molar-refractivity contribution in [3.63, 3.8) is 0 Å². The minimum Gasteiger partial charge on any atom is -0.385 e. The molecule has 2 aromatic rings. The van der Waals surface area contributed by atoms with Crippen LogP contribution in [0.2, 0.25) is 0 Å². The van der Waals surface area contributed by atoms with Crippen LogP contribution in [0, 0.1) is 13.8 Å². The number of benzene rings is 1. The van der Waals surface area contributed by atoms with Gasteiger partial charge < -0.3 is 14.6 Å². The predicted molar refractivity (Wildman–Crippen MR) is 116 cm³/mol. The van der Waals surface area contributed by atoms with Gasteiger partial charge in [-0.05, 0) is 50.3 Å². The lowest BCUT2D eigenvalue weighted by Gasteiger charge is -2.32. The number of rotatable bonds is 7. The van der Waals surface area contributed by atoms with E-state index in [4.69, 9.17) is 4.74 Å². The Hall–Kier alpha value is -2.93. The van der Waals surface area contributed by atoms with Crippen molar-refractivity contribution < 1.29 is 19.1 Å². The molecule has 1 saturated heterocycles. The molecule has 2 heterocycles. The van der Waals surface area contributed by atoms with Gasteiger partial charge in [-0.25, -0.2) is 4.79 Å². The second-order valence-corrected chi connectivity index (χ2v) is 8.56. The van der Waals surface area contributed by atoms with Crippen LogP contribution in [0.1, 0.15) is 45.7 Å². The van der Waals surface area contributed by atoms with E-state index in [-0.39, 0.29) is 18.2 Å². The van der Waals surface area contributed by atoms with Gasteiger partial charge in [-0.2, -0.15) is 0 Å². The van der Waals surface area contributed by atoms with Crippen molar-refractivity contribution in [3.05, 3.63) is 58.4 Å². The van der Waals surface area contributed by atoms with Gasteiger partial charge in [-0.3, -0.25) is 14.5 Å². The van der Waals surface area contributed by atoms with E-state index in [1.807, 2.05) is 38.1 Å². The van der Waals surface area contributed by atoms with Crippen LogP contribution in [0.3, 0.4) is 0 Å². The molecule has 3 amide bonds. The van der Waals surface area contributed by atoms with E-state index in [0.29, 0.717) is 25.0 Å². The number of ether oxygens (including phenoxy) is 1. The van der Waals surface area contributed by atoms with E-state index in [2.05, 4.69) is 16.0 Å². The molecule has 1 unspecified atom stereocenters. The van der Waals surface area contributed by atoms with Crippen LogP contribution in [0.4, 0.5) is 4.79 Å². The van der Waals surface area contributed by atoms with Crippen molar-refractivity contribution in [1.82, 2.24) is 14.8 Å². The maximum atomic E-state index is 13.3. The first-order valence-corrected chi connectivity index (χ1v) is 10.8. The summed E-state index contributed by atoms with van der Waals surface area (Å²) in [4.78, 5) is 40.1. The fraction of sp³-hybridized carbons (Fsp3) is 0.458. The molecule has 2 aliphatic rings. The maximum Gasteiger partial charge on any atom is 0.325 e. The number of methoxy groups -OCH3 is 1. The average Bonchev–Trinajstić information content (AvgIpc) is 3.16. The lowest BCUT2D eigenvalue weighted by Crippen LogP contribution is -2.51.